The highest BCUT2D eigenvalue weighted by Gasteiger charge is 2.59. The molecular formula is C26H29NO8. The fourth-order valence-electron chi connectivity index (χ4n) is 4.95. The van der Waals surface area contributed by atoms with Gasteiger partial charge in [-0.25, -0.2) is 0 Å². The summed E-state index contributed by atoms with van der Waals surface area (Å²) < 4.78 is 22.7. The van der Waals surface area contributed by atoms with Crippen molar-refractivity contribution in [3.8, 4) is 0 Å². The Morgan fingerprint density at radius 1 is 1.20 bits per heavy atom. The van der Waals surface area contributed by atoms with Gasteiger partial charge in [-0.2, -0.15) is 0 Å². The highest BCUT2D eigenvalue weighted by atomic mass is 16.6. The summed E-state index contributed by atoms with van der Waals surface area (Å²) in [4.78, 5) is 39.7. The summed E-state index contributed by atoms with van der Waals surface area (Å²) in [7, 11) is 1.27. The Kier molecular flexibility index (Phi) is 7.37. The zero-order valence-corrected chi connectivity index (χ0v) is 19.7. The van der Waals surface area contributed by atoms with Gasteiger partial charge in [0.05, 0.1) is 51.6 Å². The number of aliphatic carboxylic acids is 1. The third-order valence-corrected chi connectivity index (χ3v) is 6.61. The van der Waals surface area contributed by atoms with E-state index in [4.69, 9.17) is 18.6 Å². The number of piperidine rings is 1. The third-order valence-electron chi connectivity index (χ3n) is 6.61. The standard InChI is InChI=1S/C26H29NO8/c1-17-26(25(31)32-2)13-19(11-23(28)29)24(30)27(14-20-9-6-10-34-20)22(26)12-21(35-17)16-33-15-18-7-4-3-5-8-18/h3-10,12,17,19,21H,11,13-16H2,1-2H3,(H,28,29)/t17-,19-,21-,26+/m0/s1. The van der Waals surface area contributed by atoms with Crippen LogP contribution in [-0.4, -0.2) is 53.8 Å². The van der Waals surface area contributed by atoms with Crippen molar-refractivity contribution in [2.45, 2.75) is 45.1 Å². The largest absolute Gasteiger partial charge is 0.481 e. The van der Waals surface area contributed by atoms with Crippen LogP contribution in [0, 0.1) is 11.3 Å². The van der Waals surface area contributed by atoms with Gasteiger partial charge >= 0.3 is 11.9 Å². The fraction of sp³-hybridized carbons (Fsp3) is 0.423. The van der Waals surface area contributed by atoms with Gasteiger partial charge in [-0.1, -0.05) is 30.3 Å². The van der Waals surface area contributed by atoms with E-state index < -0.39 is 41.9 Å². The number of benzene rings is 1. The maximum Gasteiger partial charge on any atom is 0.320 e. The number of carbonyl (C=O) groups excluding carboxylic acids is 2. The predicted octanol–water partition coefficient (Wildman–Crippen LogP) is 3.15. The highest BCUT2D eigenvalue weighted by Crippen LogP contribution is 2.50. The number of methoxy groups -OCH3 is 1. The first-order valence-corrected chi connectivity index (χ1v) is 11.5. The van der Waals surface area contributed by atoms with Gasteiger partial charge in [-0.3, -0.25) is 14.4 Å². The highest BCUT2D eigenvalue weighted by molar-refractivity contribution is 5.91. The minimum Gasteiger partial charge on any atom is -0.481 e. The van der Waals surface area contributed by atoms with Crippen LogP contribution in [0.2, 0.25) is 0 Å². The fourth-order valence-corrected chi connectivity index (χ4v) is 4.95. The van der Waals surface area contributed by atoms with Gasteiger partial charge in [0.2, 0.25) is 5.91 Å². The molecule has 1 aromatic heterocycles. The molecule has 186 valence electrons. The van der Waals surface area contributed by atoms with Gasteiger partial charge < -0.3 is 28.6 Å². The van der Waals surface area contributed by atoms with E-state index in [9.17, 15) is 19.5 Å². The van der Waals surface area contributed by atoms with Crippen LogP contribution in [0.25, 0.3) is 0 Å². The second-order valence-corrected chi connectivity index (χ2v) is 8.83. The maximum atomic E-state index is 13.5. The Balaban J connectivity index is 1.68. The Bertz CT molecular complexity index is 1080. The van der Waals surface area contributed by atoms with Gasteiger partial charge in [0, 0.05) is 5.70 Å². The number of hydrogen-bond donors (Lipinski definition) is 1. The van der Waals surface area contributed by atoms with Crippen molar-refractivity contribution in [1.82, 2.24) is 4.90 Å². The first-order chi connectivity index (χ1) is 16.8. The normalized spacial score (nSPS) is 26.1. The van der Waals surface area contributed by atoms with Crippen LogP contribution in [0.4, 0.5) is 0 Å². The average Bonchev–Trinajstić information content (AvgIpc) is 3.35. The van der Waals surface area contributed by atoms with E-state index >= 15 is 0 Å². The van der Waals surface area contributed by atoms with Crippen LogP contribution in [0.5, 0.6) is 0 Å². The zero-order valence-electron chi connectivity index (χ0n) is 19.7. The molecule has 0 unspecified atom stereocenters. The van der Waals surface area contributed by atoms with Gasteiger partial charge in [-0.15, -0.1) is 0 Å². The SMILES string of the molecule is COC(=O)[C@@]12C[C@H](CC(=O)O)C(=O)N(Cc3ccco3)C1=C[C@@H](COCc1ccccc1)O[C@H]2C. The molecule has 0 radical (unpaired) electrons. The second-order valence-electron chi connectivity index (χ2n) is 8.83. The number of hydrogen-bond acceptors (Lipinski definition) is 7. The number of furan rings is 1. The van der Waals surface area contributed by atoms with Crippen LogP contribution in [-0.2, 0) is 41.7 Å². The first-order valence-electron chi connectivity index (χ1n) is 11.5. The number of likely N-dealkylation sites (tertiary alicyclic amines) is 1. The molecule has 3 heterocycles. The molecule has 9 heteroatoms. The van der Waals surface area contributed by atoms with Crippen molar-refractivity contribution in [2.24, 2.45) is 11.3 Å². The lowest BCUT2D eigenvalue weighted by Crippen LogP contribution is -2.60. The van der Waals surface area contributed by atoms with Crippen LogP contribution in [0.15, 0.2) is 64.9 Å². The molecule has 4 rings (SSSR count). The Hall–Kier alpha value is -3.43. The molecule has 1 fully saturated rings. The Morgan fingerprint density at radius 3 is 2.63 bits per heavy atom. The molecule has 4 atom stereocenters. The third kappa shape index (κ3) is 5.01. The molecule has 1 N–H and O–H groups in total. The molecule has 35 heavy (non-hydrogen) atoms. The summed E-state index contributed by atoms with van der Waals surface area (Å²) in [6.45, 7) is 2.39. The quantitative estimate of drug-likeness (QED) is 0.541. The summed E-state index contributed by atoms with van der Waals surface area (Å²) in [6, 6.07) is 13.1. The Labute approximate surface area is 203 Å². The minimum absolute atomic E-state index is 0.0238. The number of ether oxygens (including phenoxy) is 3. The van der Waals surface area contributed by atoms with E-state index in [1.165, 1.54) is 18.3 Å². The monoisotopic (exact) mass is 483 g/mol. The van der Waals surface area contributed by atoms with Gasteiger partial charge in [-0.05, 0) is 37.1 Å². The van der Waals surface area contributed by atoms with Gasteiger partial charge in [0.25, 0.3) is 0 Å². The molecule has 2 aliphatic heterocycles. The summed E-state index contributed by atoms with van der Waals surface area (Å²) in [6.07, 6.45) is 1.57. The minimum atomic E-state index is -1.34. The van der Waals surface area contributed by atoms with Crippen LogP contribution < -0.4 is 0 Å². The van der Waals surface area contributed by atoms with Crippen molar-refractivity contribution in [3.05, 3.63) is 71.8 Å². The van der Waals surface area contributed by atoms with E-state index in [2.05, 4.69) is 0 Å². The lowest BCUT2D eigenvalue weighted by atomic mass is 9.66. The van der Waals surface area contributed by atoms with Crippen LogP contribution in [0.1, 0.15) is 31.1 Å². The van der Waals surface area contributed by atoms with E-state index in [0.717, 1.165) is 5.56 Å². The molecular weight excluding hydrogens is 454 g/mol. The molecule has 0 saturated carbocycles. The molecule has 0 spiro atoms. The number of esters is 1. The van der Waals surface area contributed by atoms with E-state index in [1.807, 2.05) is 30.3 Å². The van der Waals surface area contributed by atoms with E-state index in [0.29, 0.717) is 18.1 Å². The molecule has 1 amide bonds. The number of amides is 1. The molecule has 9 nitrogen and oxygen atoms in total. The topological polar surface area (TPSA) is 116 Å². The number of carbonyl (C=O) groups is 3. The van der Waals surface area contributed by atoms with Crippen molar-refractivity contribution >= 4 is 17.8 Å². The molecule has 0 aliphatic carbocycles. The average molecular weight is 484 g/mol. The molecule has 1 aromatic carbocycles. The lowest BCUT2D eigenvalue weighted by molar-refractivity contribution is -0.179. The van der Waals surface area contributed by atoms with Crippen molar-refractivity contribution in [3.63, 3.8) is 0 Å². The summed E-state index contributed by atoms with van der Waals surface area (Å²) in [5.41, 5.74) is 0.0989. The van der Waals surface area contributed by atoms with Crippen LogP contribution >= 0.6 is 0 Å². The van der Waals surface area contributed by atoms with Gasteiger partial charge in [0.15, 0.2) is 0 Å². The lowest BCUT2D eigenvalue weighted by Gasteiger charge is -2.51. The van der Waals surface area contributed by atoms with Crippen molar-refractivity contribution in [1.29, 1.82) is 0 Å². The molecule has 1 saturated heterocycles. The smallest absolute Gasteiger partial charge is 0.320 e. The van der Waals surface area contributed by atoms with Gasteiger partial charge in [0.1, 0.15) is 17.3 Å². The number of carboxylic acid groups (broad SMARTS) is 1. The van der Waals surface area contributed by atoms with Crippen LogP contribution in [0.3, 0.4) is 0 Å². The van der Waals surface area contributed by atoms with E-state index in [-0.39, 0.29) is 25.5 Å². The number of rotatable bonds is 9. The molecule has 2 aromatic rings. The molecule has 0 bridgehead atoms. The molecule has 2 aliphatic rings. The zero-order chi connectivity index (χ0) is 25.0. The first kappa shape index (κ1) is 24.7. The number of carboxylic acids is 1. The van der Waals surface area contributed by atoms with Crippen molar-refractivity contribution in [2.75, 3.05) is 13.7 Å². The second kappa shape index (κ2) is 10.5. The summed E-state index contributed by atoms with van der Waals surface area (Å²) in [5.74, 6) is -2.49. The van der Waals surface area contributed by atoms with E-state index in [1.54, 1.807) is 25.1 Å². The predicted molar refractivity (Wildman–Crippen MR) is 123 cm³/mol. The maximum absolute atomic E-state index is 13.5. The summed E-state index contributed by atoms with van der Waals surface area (Å²) in [5, 5.41) is 9.43. The number of nitrogens with zero attached hydrogens (tertiary/aromatic N) is 1. The number of fused-ring (bicyclic) bond motifs is 1. The van der Waals surface area contributed by atoms with Crippen molar-refractivity contribution < 1.29 is 38.1 Å². The summed E-state index contributed by atoms with van der Waals surface area (Å²) >= 11 is 0. The Morgan fingerprint density at radius 2 is 1.97 bits per heavy atom.